The van der Waals surface area contributed by atoms with Crippen LogP contribution in [0.4, 0.5) is 0 Å². The summed E-state index contributed by atoms with van der Waals surface area (Å²) in [4.78, 5) is 16.8. The summed E-state index contributed by atoms with van der Waals surface area (Å²) in [6.45, 7) is 9.27. The van der Waals surface area contributed by atoms with E-state index in [1.807, 2.05) is 23.1 Å². The van der Waals surface area contributed by atoms with Gasteiger partial charge in [0.05, 0.1) is 0 Å². The molecule has 2 atom stereocenters. The molecule has 3 rings (SSSR count). The van der Waals surface area contributed by atoms with Gasteiger partial charge in [-0.2, -0.15) is 0 Å². The highest BCUT2D eigenvalue weighted by atomic mass is 16.5. The van der Waals surface area contributed by atoms with E-state index in [0.717, 1.165) is 56.9 Å². The van der Waals surface area contributed by atoms with Crippen molar-refractivity contribution in [3.05, 3.63) is 29.8 Å². The molecule has 2 aliphatic heterocycles. The third kappa shape index (κ3) is 4.95. The third-order valence-electron chi connectivity index (χ3n) is 5.30. The average molecular weight is 345 g/mol. The quantitative estimate of drug-likeness (QED) is 0.889. The topological polar surface area (TPSA) is 44.8 Å². The number of ether oxygens (including phenoxy) is 1. The van der Waals surface area contributed by atoms with E-state index in [1.54, 1.807) is 0 Å². The van der Waals surface area contributed by atoms with Gasteiger partial charge in [0.25, 0.3) is 5.91 Å². The number of carbonyl (C=O) groups excluding carboxylic acids is 1. The molecule has 0 aliphatic carbocycles. The number of hydrogen-bond acceptors (Lipinski definition) is 4. The van der Waals surface area contributed by atoms with Gasteiger partial charge < -0.3 is 15.0 Å². The molecule has 2 saturated heterocycles. The number of nitrogens with zero attached hydrogens (tertiary/aromatic N) is 2. The second-order valence-electron chi connectivity index (χ2n) is 7.43. The molecule has 25 heavy (non-hydrogen) atoms. The molecule has 1 amide bonds. The number of para-hydroxylation sites is 1. The van der Waals surface area contributed by atoms with E-state index in [4.69, 9.17) is 4.74 Å². The van der Waals surface area contributed by atoms with Gasteiger partial charge in [-0.15, -0.1) is 0 Å². The van der Waals surface area contributed by atoms with Crippen molar-refractivity contribution in [2.75, 3.05) is 32.8 Å². The molecule has 1 aromatic rings. The fourth-order valence-electron chi connectivity index (χ4n) is 3.69. The van der Waals surface area contributed by atoms with Gasteiger partial charge >= 0.3 is 0 Å². The fraction of sp³-hybridized carbons (Fsp3) is 0.650. The minimum atomic E-state index is 0.110. The summed E-state index contributed by atoms with van der Waals surface area (Å²) in [7, 11) is 0. The first-order chi connectivity index (χ1) is 12.1. The summed E-state index contributed by atoms with van der Waals surface area (Å²) >= 11 is 0. The lowest BCUT2D eigenvalue weighted by Gasteiger charge is -2.37. The molecule has 5 heteroatoms. The molecule has 0 saturated carbocycles. The van der Waals surface area contributed by atoms with Crippen LogP contribution < -0.4 is 10.1 Å². The Kier molecular flexibility index (Phi) is 6.32. The lowest BCUT2D eigenvalue weighted by Crippen LogP contribution is -2.53. The molecule has 2 aliphatic rings. The molecular weight excluding hydrogens is 314 g/mol. The Morgan fingerprint density at radius 1 is 1.20 bits per heavy atom. The molecular formula is C20H31N3O2. The highest BCUT2D eigenvalue weighted by Crippen LogP contribution is 2.22. The van der Waals surface area contributed by atoms with Gasteiger partial charge in [0, 0.05) is 50.4 Å². The smallest absolute Gasteiger partial charge is 0.260 e. The molecule has 2 heterocycles. The largest absolute Gasteiger partial charge is 0.483 e. The van der Waals surface area contributed by atoms with E-state index in [9.17, 15) is 4.79 Å². The van der Waals surface area contributed by atoms with Gasteiger partial charge in [-0.05, 0) is 39.2 Å². The molecule has 1 aromatic carbocycles. The number of rotatable bonds is 5. The molecule has 0 bridgehead atoms. The van der Waals surface area contributed by atoms with Crippen LogP contribution in [0.3, 0.4) is 0 Å². The maximum absolute atomic E-state index is 12.4. The second kappa shape index (κ2) is 8.68. The number of hydrogen-bond donors (Lipinski definition) is 1. The van der Waals surface area contributed by atoms with E-state index in [2.05, 4.69) is 30.1 Å². The molecule has 1 N–H and O–H groups in total. The Morgan fingerprint density at radius 2 is 1.96 bits per heavy atom. The van der Waals surface area contributed by atoms with Crippen LogP contribution in [-0.4, -0.2) is 60.6 Å². The Balaban J connectivity index is 1.59. The van der Waals surface area contributed by atoms with Gasteiger partial charge in [-0.1, -0.05) is 18.2 Å². The van der Waals surface area contributed by atoms with Crippen LogP contribution in [0, 0.1) is 0 Å². The number of piperazine rings is 1. The summed E-state index contributed by atoms with van der Waals surface area (Å²) in [6, 6.07) is 9.12. The monoisotopic (exact) mass is 345 g/mol. The maximum Gasteiger partial charge on any atom is 0.260 e. The maximum atomic E-state index is 12.4. The normalized spacial score (nSPS) is 25.0. The van der Waals surface area contributed by atoms with Crippen molar-refractivity contribution in [3.8, 4) is 5.75 Å². The summed E-state index contributed by atoms with van der Waals surface area (Å²) in [5, 5.41) is 3.52. The fourth-order valence-corrected chi connectivity index (χ4v) is 3.69. The predicted octanol–water partition coefficient (Wildman–Crippen LogP) is 2.26. The van der Waals surface area contributed by atoms with Crippen molar-refractivity contribution in [3.63, 3.8) is 0 Å². The van der Waals surface area contributed by atoms with E-state index in [0.29, 0.717) is 12.1 Å². The number of carbonyl (C=O) groups is 1. The van der Waals surface area contributed by atoms with E-state index >= 15 is 0 Å². The predicted molar refractivity (Wildman–Crippen MR) is 99.7 cm³/mol. The SMILES string of the molecule is C[C@@H]1CN(Cc2ccccc2OCC(=O)N2CCCCC2)[C@@H](C)CN1. The molecule has 0 aromatic heterocycles. The number of amides is 1. The molecule has 138 valence electrons. The standard InChI is InChI=1S/C20H31N3O2/c1-16-13-23(17(2)12-21-16)14-18-8-4-5-9-19(18)25-15-20(24)22-10-6-3-7-11-22/h4-5,8-9,16-17,21H,3,6-7,10-15H2,1-2H3/t16-,17+/m1/s1. The van der Waals surface area contributed by atoms with Gasteiger partial charge in [0.1, 0.15) is 5.75 Å². The zero-order valence-corrected chi connectivity index (χ0v) is 15.5. The number of likely N-dealkylation sites (tertiary alicyclic amines) is 1. The van der Waals surface area contributed by atoms with Crippen LogP contribution in [0.1, 0.15) is 38.7 Å². The zero-order chi connectivity index (χ0) is 17.6. The Hall–Kier alpha value is -1.59. The van der Waals surface area contributed by atoms with Gasteiger partial charge in [0.15, 0.2) is 6.61 Å². The number of piperidine rings is 1. The molecule has 0 spiro atoms. The first-order valence-electron chi connectivity index (χ1n) is 9.59. The summed E-state index contributed by atoms with van der Waals surface area (Å²) in [5.74, 6) is 0.949. The van der Waals surface area contributed by atoms with Crippen LogP contribution in [0.15, 0.2) is 24.3 Å². The minimum Gasteiger partial charge on any atom is -0.483 e. The highest BCUT2D eigenvalue weighted by Gasteiger charge is 2.23. The summed E-state index contributed by atoms with van der Waals surface area (Å²) in [5.41, 5.74) is 1.16. The van der Waals surface area contributed by atoms with Crippen molar-refractivity contribution in [1.29, 1.82) is 0 Å². The summed E-state index contributed by atoms with van der Waals surface area (Å²) in [6.07, 6.45) is 3.46. The summed E-state index contributed by atoms with van der Waals surface area (Å²) < 4.78 is 5.92. The van der Waals surface area contributed by atoms with Gasteiger partial charge in [-0.25, -0.2) is 0 Å². The average Bonchev–Trinajstić information content (AvgIpc) is 2.64. The molecule has 0 unspecified atom stereocenters. The van der Waals surface area contributed by atoms with Crippen molar-refractivity contribution in [2.45, 2.75) is 51.7 Å². The molecule has 0 radical (unpaired) electrons. The Morgan fingerprint density at radius 3 is 2.76 bits per heavy atom. The first-order valence-corrected chi connectivity index (χ1v) is 9.59. The van der Waals surface area contributed by atoms with Gasteiger partial charge in [0.2, 0.25) is 0 Å². The van der Waals surface area contributed by atoms with Crippen LogP contribution >= 0.6 is 0 Å². The molecule has 2 fully saturated rings. The number of nitrogens with one attached hydrogen (secondary N) is 1. The Bertz CT molecular complexity index is 572. The van der Waals surface area contributed by atoms with Crippen LogP contribution in [0.5, 0.6) is 5.75 Å². The van der Waals surface area contributed by atoms with E-state index in [-0.39, 0.29) is 12.5 Å². The third-order valence-corrected chi connectivity index (χ3v) is 5.30. The van der Waals surface area contributed by atoms with Crippen molar-refractivity contribution in [1.82, 2.24) is 15.1 Å². The van der Waals surface area contributed by atoms with Crippen LogP contribution in [0.25, 0.3) is 0 Å². The zero-order valence-electron chi connectivity index (χ0n) is 15.5. The van der Waals surface area contributed by atoms with Gasteiger partial charge in [-0.3, -0.25) is 9.69 Å². The Labute approximate surface area is 151 Å². The van der Waals surface area contributed by atoms with Crippen LogP contribution in [-0.2, 0) is 11.3 Å². The lowest BCUT2D eigenvalue weighted by atomic mass is 10.1. The van der Waals surface area contributed by atoms with Crippen molar-refractivity contribution >= 4 is 5.91 Å². The van der Waals surface area contributed by atoms with Crippen molar-refractivity contribution < 1.29 is 9.53 Å². The number of benzene rings is 1. The first kappa shape index (κ1) is 18.2. The van der Waals surface area contributed by atoms with E-state index < -0.39 is 0 Å². The van der Waals surface area contributed by atoms with Crippen LogP contribution in [0.2, 0.25) is 0 Å². The minimum absolute atomic E-state index is 0.110. The molecule has 5 nitrogen and oxygen atoms in total. The van der Waals surface area contributed by atoms with Crippen molar-refractivity contribution in [2.24, 2.45) is 0 Å². The lowest BCUT2D eigenvalue weighted by molar-refractivity contribution is -0.134. The highest BCUT2D eigenvalue weighted by molar-refractivity contribution is 5.77. The second-order valence-corrected chi connectivity index (χ2v) is 7.43. The van der Waals surface area contributed by atoms with E-state index in [1.165, 1.54) is 6.42 Å².